The first kappa shape index (κ1) is 17.9. The van der Waals surface area contributed by atoms with Gasteiger partial charge in [-0.15, -0.1) is 0 Å². The molecule has 0 aromatic heterocycles. The van der Waals surface area contributed by atoms with Crippen LogP contribution in [0, 0.1) is 6.92 Å². The van der Waals surface area contributed by atoms with Crippen molar-refractivity contribution in [3.8, 4) is 5.75 Å². The second-order valence-corrected chi connectivity index (χ2v) is 7.72. The number of hydrogen-bond donors (Lipinski definition) is 0. The summed E-state index contributed by atoms with van der Waals surface area (Å²) in [6, 6.07) is 16.4. The third-order valence-corrected chi connectivity index (χ3v) is 6.03. The van der Waals surface area contributed by atoms with E-state index in [9.17, 15) is 4.79 Å². The standard InChI is InChI=1S/C21H25NO2S/c1-16-6-3-4-9-19(16)20-10-11-22(12-13-25-20)21(23)15-17-7-5-8-18(14-17)24-2/h3-9,14,20H,10-13,15H2,1-2H3. The van der Waals surface area contributed by atoms with Crippen LogP contribution in [0.15, 0.2) is 48.5 Å². The maximum Gasteiger partial charge on any atom is 0.227 e. The van der Waals surface area contributed by atoms with Crippen molar-refractivity contribution in [2.45, 2.75) is 25.0 Å². The van der Waals surface area contributed by atoms with E-state index in [0.717, 1.165) is 36.6 Å². The quantitative estimate of drug-likeness (QED) is 0.821. The Bertz CT molecular complexity index is 731. The fourth-order valence-electron chi connectivity index (χ4n) is 3.28. The number of ether oxygens (including phenoxy) is 1. The highest BCUT2D eigenvalue weighted by molar-refractivity contribution is 7.99. The molecule has 3 rings (SSSR count). The summed E-state index contributed by atoms with van der Waals surface area (Å²) in [5.74, 6) is 2.00. The Labute approximate surface area is 154 Å². The van der Waals surface area contributed by atoms with Gasteiger partial charge < -0.3 is 9.64 Å². The summed E-state index contributed by atoms with van der Waals surface area (Å²) < 4.78 is 5.25. The van der Waals surface area contributed by atoms with Crippen molar-refractivity contribution in [2.75, 3.05) is 26.0 Å². The number of methoxy groups -OCH3 is 1. The van der Waals surface area contributed by atoms with Gasteiger partial charge in [-0.25, -0.2) is 0 Å². The Morgan fingerprint density at radius 1 is 1.20 bits per heavy atom. The lowest BCUT2D eigenvalue weighted by molar-refractivity contribution is -0.130. The molecule has 1 heterocycles. The van der Waals surface area contributed by atoms with Gasteiger partial charge in [-0.3, -0.25) is 4.79 Å². The minimum absolute atomic E-state index is 0.208. The Kier molecular flexibility index (Phi) is 6.03. The van der Waals surface area contributed by atoms with E-state index in [2.05, 4.69) is 31.2 Å². The smallest absolute Gasteiger partial charge is 0.227 e. The molecule has 0 aliphatic carbocycles. The van der Waals surface area contributed by atoms with Crippen molar-refractivity contribution in [1.29, 1.82) is 0 Å². The molecule has 2 aromatic rings. The topological polar surface area (TPSA) is 29.5 Å². The summed E-state index contributed by atoms with van der Waals surface area (Å²) in [5, 5.41) is 0.482. The molecule has 25 heavy (non-hydrogen) atoms. The average molecular weight is 356 g/mol. The van der Waals surface area contributed by atoms with E-state index in [1.54, 1.807) is 7.11 Å². The monoisotopic (exact) mass is 355 g/mol. The van der Waals surface area contributed by atoms with Gasteiger partial charge in [-0.05, 0) is 42.2 Å². The van der Waals surface area contributed by atoms with Crippen LogP contribution in [0.5, 0.6) is 5.75 Å². The fraction of sp³-hybridized carbons (Fsp3) is 0.381. The second-order valence-electron chi connectivity index (χ2n) is 6.41. The van der Waals surface area contributed by atoms with Gasteiger partial charge in [0, 0.05) is 24.1 Å². The van der Waals surface area contributed by atoms with E-state index in [1.165, 1.54) is 11.1 Å². The molecule has 1 aliphatic heterocycles. The molecule has 4 heteroatoms. The van der Waals surface area contributed by atoms with E-state index >= 15 is 0 Å². The normalized spacial score (nSPS) is 17.8. The maximum atomic E-state index is 12.7. The van der Waals surface area contributed by atoms with Crippen LogP contribution < -0.4 is 4.74 Å². The van der Waals surface area contributed by atoms with Crippen molar-refractivity contribution in [1.82, 2.24) is 4.90 Å². The Hall–Kier alpha value is -1.94. The minimum atomic E-state index is 0.208. The number of aryl methyl sites for hydroxylation is 1. The van der Waals surface area contributed by atoms with E-state index in [0.29, 0.717) is 11.7 Å². The first-order valence-corrected chi connectivity index (χ1v) is 9.80. The van der Waals surface area contributed by atoms with Crippen LogP contribution in [0.2, 0.25) is 0 Å². The molecule has 0 saturated carbocycles. The molecule has 0 radical (unpaired) electrons. The van der Waals surface area contributed by atoms with Crippen LogP contribution in [-0.4, -0.2) is 36.8 Å². The molecule has 1 atom stereocenters. The van der Waals surface area contributed by atoms with Crippen LogP contribution in [-0.2, 0) is 11.2 Å². The van der Waals surface area contributed by atoms with Crippen molar-refractivity contribution in [3.63, 3.8) is 0 Å². The molecule has 1 amide bonds. The molecule has 1 unspecified atom stereocenters. The summed E-state index contributed by atoms with van der Waals surface area (Å²) in [7, 11) is 1.65. The molecule has 0 N–H and O–H groups in total. The van der Waals surface area contributed by atoms with E-state index < -0.39 is 0 Å². The van der Waals surface area contributed by atoms with E-state index in [4.69, 9.17) is 4.74 Å². The summed E-state index contributed by atoms with van der Waals surface area (Å²) in [6.45, 7) is 3.83. The highest BCUT2D eigenvalue weighted by Gasteiger charge is 2.23. The number of rotatable bonds is 4. The Morgan fingerprint density at radius 2 is 2.04 bits per heavy atom. The molecular formula is C21H25NO2S. The molecule has 132 valence electrons. The zero-order chi connectivity index (χ0) is 17.6. The van der Waals surface area contributed by atoms with Gasteiger partial charge in [0.05, 0.1) is 13.5 Å². The summed E-state index contributed by atoms with van der Waals surface area (Å²) in [6.07, 6.45) is 1.45. The van der Waals surface area contributed by atoms with Gasteiger partial charge >= 0.3 is 0 Å². The fourth-order valence-corrected chi connectivity index (χ4v) is 4.61. The van der Waals surface area contributed by atoms with Crippen LogP contribution in [0.4, 0.5) is 0 Å². The summed E-state index contributed by atoms with van der Waals surface area (Å²) >= 11 is 1.97. The highest BCUT2D eigenvalue weighted by atomic mass is 32.2. The van der Waals surface area contributed by atoms with Crippen molar-refractivity contribution >= 4 is 17.7 Å². The lowest BCUT2D eigenvalue weighted by atomic mass is 10.0. The van der Waals surface area contributed by atoms with E-state index in [1.807, 2.05) is 40.9 Å². The molecule has 1 saturated heterocycles. The predicted octanol–water partition coefficient (Wildman–Crippen LogP) is 4.25. The first-order chi connectivity index (χ1) is 12.2. The zero-order valence-electron chi connectivity index (χ0n) is 14.9. The van der Waals surface area contributed by atoms with Crippen LogP contribution in [0.1, 0.15) is 28.4 Å². The zero-order valence-corrected chi connectivity index (χ0v) is 15.7. The molecule has 0 bridgehead atoms. The number of hydrogen-bond acceptors (Lipinski definition) is 3. The van der Waals surface area contributed by atoms with Gasteiger partial charge in [-0.1, -0.05) is 36.4 Å². The van der Waals surface area contributed by atoms with Gasteiger partial charge in [0.25, 0.3) is 0 Å². The van der Waals surface area contributed by atoms with Crippen molar-refractivity contribution in [3.05, 3.63) is 65.2 Å². The molecule has 0 spiro atoms. The lowest BCUT2D eigenvalue weighted by Gasteiger charge is -2.21. The maximum absolute atomic E-state index is 12.7. The third kappa shape index (κ3) is 4.57. The highest BCUT2D eigenvalue weighted by Crippen LogP contribution is 2.36. The lowest BCUT2D eigenvalue weighted by Crippen LogP contribution is -2.34. The van der Waals surface area contributed by atoms with Gasteiger partial charge in [0.15, 0.2) is 0 Å². The van der Waals surface area contributed by atoms with Crippen LogP contribution >= 0.6 is 11.8 Å². The minimum Gasteiger partial charge on any atom is -0.497 e. The third-order valence-electron chi connectivity index (χ3n) is 4.72. The van der Waals surface area contributed by atoms with Gasteiger partial charge in [0.1, 0.15) is 5.75 Å². The number of nitrogens with zero attached hydrogens (tertiary/aromatic N) is 1. The number of thioether (sulfide) groups is 1. The van der Waals surface area contributed by atoms with Crippen LogP contribution in [0.25, 0.3) is 0 Å². The average Bonchev–Trinajstić information content (AvgIpc) is 2.88. The summed E-state index contributed by atoms with van der Waals surface area (Å²) in [4.78, 5) is 14.7. The van der Waals surface area contributed by atoms with Crippen molar-refractivity contribution < 1.29 is 9.53 Å². The second kappa shape index (κ2) is 8.43. The number of carbonyl (C=O) groups excluding carboxylic acids is 1. The number of carbonyl (C=O) groups is 1. The summed E-state index contributed by atoms with van der Waals surface area (Å²) in [5.41, 5.74) is 3.77. The van der Waals surface area contributed by atoms with Crippen LogP contribution in [0.3, 0.4) is 0 Å². The molecule has 2 aromatic carbocycles. The molecule has 1 aliphatic rings. The Balaban J connectivity index is 1.62. The molecule has 1 fully saturated rings. The number of benzene rings is 2. The van der Waals surface area contributed by atoms with E-state index in [-0.39, 0.29) is 5.91 Å². The van der Waals surface area contributed by atoms with Gasteiger partial charge in [0.2, 0.25) is 5.91 Å². The van der Waals surface area contributed by atoms with Gasteiger partial charge in [-0.2, -0.15) is 11.8 Å². The molecular weight excluding hydrogens is 330 g/mol. The number of amides is 1. The first-order valence-electron chi connectivity index (χ1n) is 8.75. The molecule has 3 nitrogen and oxygen atoms in total. The Morgan fingerprint density at radius 3 is 2.84 bits per heavy atom. The largest absolute Gasteiger partial charge is 0.497 e. The predicted molar refractivity (Wildman–Crippen MR) is 104 cm³/mol. The SMILES string of the molecule is COc1cccc(CC(=O)N2CCSC(c3ccccc3C)CC2)c1. The van der Waals surface area contributed by atoms with Crippen molar-refractivity contribution in [2.24, 2.45) is 0 Å².